The normalized spacial score (nSPS) is 49.2. The van der Waals surface area contributed by atoms with Gasteiger partial charge in [-0.05, 0) is 73.5 Å². The van der Waals surface area contributed by atoms with Crippen LogP contribution in [0.4, 0.5) is 0 Å². The van der Waals surface area contributed by atoms with Gasteiger partial charge in [0, 0.05) is 6.42 Å². The Hall–Kier alpha value is -1.14. The van der Waals surface area contributed by atoms with Crippen molar-refractivity contribution in [1.29, 1.82) is 0 Å². The van der Waals surface area contributed by atoms with Crippen molar-refractivity contribution in [3.05, 3.63) is 22.7 Å². The Morgan fingerprint density at radius 1 is 1.09 bits per heavy atom. The molecule has 3 fully saturated rings. The first kappa shape index (κ1) is 15.4. The predicted molar refractivity (Wildman–Crippen MR) is 88.3 cm³/mol. The molecule has 4 aliphatic rings. The fourth-order valence-electron chi connectivity index (χ4n) is 6.79. The molecule has 0 heterocycles. The highest BCUT2D eigenvalue weighted by molar-refractivity contribution is 5.99. The minimum absolute atomic E-state index is 0.0472. The summed E-state index contributed by atoms with van der Waals surface area (Å²) in [5.74, 6) is 1.96. The standard InChI is InChI=1S/C20H27NO2/c1-19-11-9-16(22)18(21-3)15(19)5-4-12-13-6-7-17(23)20(13,2)10-8-14(12)19/h12-14,17,23H,4-11H2,1-2H3/t12?,13?,14?,17?,19-,20+/m0/s1. The van der Waals surface area contributed by atoms with Crippen molar-refractivity contribution in [2.75, 3.05) is 0 Å². The fraction of sp³-hybridized carbons (Fsp3) is 0.800. The smallest absolute Gasteiger partial charge is 0.229 e. The van der Waals surface area contributed by atoms with Crippen molar-refractivity contribution >= 4 is 5.78 Å². The van der Waals surface area contributed by atoms with Crippen LogP contribution in [0.5, 0.6) is 0 Å². The number of rotatable bonds is 0. The monoisotopic (exact) mass is 313 g/mol. The molecule has 0 aromatic heterocycles. The second-order valence-electron chi connectivity index (χ2n) is 8.83. The Kier molecular flexibility index (Phi) is 3.30. The van der Waals surface area contributed by atoms with E-state index in [4.69, 9.17) is 6.57 Å². The van der Waals surface area contributed by atoms with Gasteiger partial charge in [-0.1, -0.05) is 19.4 Å². The van der Waals surface area contributed by atoms with Crippen LogP contribution in [0.3, 0.4) is 0 Å². The number of aliphatic hydroxyl groups excluding tert-OH is 1. The van der Waals surface area contributed by atoms with Crippen LogP contribution < -0.4 is 0 Å². The number of allylic oxidation sites excluding steroid dienone is 1. The Bertz CT molecular complexity index is 630. The maximum Gasteiger partial charge on any atom is 0.229 e. The van der Waals surface area contributed by atoms with Crippen LogP contribution in [0.2, 0.25) is 0 Å². The van der Waals surface area contributed by atoms with Crippen molar-refractivity contribution in [1.82, 2.24) is 0 Å². The molecule has 0 saturated heterocycles. The van der Waals surface area contributed by atoms with Crippen molar-refractivity contribution < 1.29 is 9.90 Å². The van der Waals surface area contributed by atoms with E-state index in [0.29, 0.717) is 29.9 Å². The Morgan fingerprint density at radius 3 is 2.61 bits per heavy atom. The summed E-state index contributed by atoms with van der Waals surface area (Å²) in [5.41, 5.74) is 1.79. The molecule has 4 unspecified atom stereocenters. The van der Waals surface area contributed by atoms with Gasteiger partial charge in [0.15, 0.2) is 5.78 Å². The number of aliphatic hydroxyl groups is 1. The predicted octanol–water partition coefficient (Wildman–Crippen LogP) is 4.13. The third-order valence-electron chi connectivity index (χ3n) is 8.16. The first-order valence-electron chi connectivity index (χ1n) is 9.24. The molecule has 0 aliphatic heterocycles. The fourth-order valence-corrected chi connectivity index (χ4v) is 6.79. The van der Waals surface area contributed by atoms with E-state index in [1.54, 1.807) is 0 Å². The molecular weight excluding hydrogens is 286 g/mol. The molecule has 0 amide bonds. The first-order chi connectivity index (χ1) is 10.9. The van der Waals surface area contributed by atoms with Crippen LogP contribution >= 0.6 is 0 Å². The SMILES string of the molecule is [C-]#[N+]C1=C2CCC3C4CCC(O)[C@]4(C)CCC3[C@]2(C)CCC1=O. The lowest BCUT2D eigenvalue weighted by Gasteiger charge is -2.58. The Balaban J connectivity index is 1.74. The summed E-state index contributed by atoms with van der Waals surface area (Å²) in [6.07, 6.45) is 7.72. The molecule has 6 atom stereocenters. The van der Waals surface area contributed by atoms with Gasteiger partial charge >= 0.3 is 0 Å². The van der Waals surface area contributed by atoms with Gasteiger partial charge in [-0.2, -0.15) is 0 Å². The molecule has 3 saturated carbocycles. The minimum Gasteiger partial charge on any atom is -0.393 e. The molecule has 23 heavy (non-hydrogen) atoms. The van der Waals surface area contributed by atoms with Crippen LogP contribution in [0, 0.1) is 35.2 Å². The lowest BCUT2D eigenvalue weighted by Crippen LogP contribution is -2.51. The molecule has 4 rings (SSSR count). The molecule has 1 N–H and O–H groups in total. The number of carbonyl (C=O) groups excluding carboxylic acids is 1. The molecular formula is C20H27NO2. The third kappa shape index (κ3) is 1.88. The van der Waals surface area contributed by atoms with E-state index in [1.807, 2.05) is 0 Å². The summed E-state index contributed by atoms with van der Waals surface area (Å²) in [6, 6.07) is 0. The summed E-state index contributed by atoms with van der Waals surface area (Å²) in [5, 5.41) is 10.5. The zero-order valence-electron chi connectivity index (χ0n) is 14.3. The molecule has 0 aromatic carbocycles. The van der Waals surface area contributed by atoms with Crippen LogP contribution in [0.15, 0.2) is 11.3 Å². The Labute approximate surface area is 139 Å². The molecule has 0 radical (unpaired) electrons. The summed E-state index contributed by atoms with van der Waals surface area (Å²) >= 11 is 0. The summed E-state index contributed by atoms with van der Waals surface area (Å²) < 4.78 is 0. The first-order valence-corrected chi connectivity index (χ1v) is 9.24. The molecule has 124 valence electrons. The van der Waals surface area contributed by atoms with Crippen molar-refractivity contribution in [3.8, 4) is 0 Å². The highest BCUT2D eigenvalue weighted by Crippen LogP contribution is 2.65. The van der Waals surface area contributed by atoms with Gasteiger partial charge in [0.05, 0.1) is 12.7 Å². The van der Waals surface area contributed by atoms with Gasteiger partial charge in [0.2, 0.25) is 5.70 Å². The van der Waals surface area contributed by atoms with Crippen LogP contribution in [0.25, 0.3) is 4.85 Å². The van der Waals surface area contributed by atoms with Gasteiger partial charge < -0.3 is 9.90 Å². The van der Waals surface area contributed by atoms with Crippen LogP contribution in [0.1, 0.15) is 65.2 Å². The van der Waals surface area contributed by atoms with E-state index >= 15 is 0 Å². The van der Waals surface area contributed by atoms with Crippen molar-refractivity contribution in [2.24, 2.45) is 28.6 Å². The Morgan fingerprint density at radius 2 is 1.87 bits per heavy atom. The molecule has 0 aromatic rings. The van der Waals surface area contributed by atoms with E-state index in [1.165, 1.54) is 5.57 Å². The number of carbonyl (C=O) groups is 1. The average molecular weight is 313 g/mol. The van der Waals surface area contributed by atoms with Crippen LogP contribution in [-0.4, -0.2) is 17.0 Å². The lowest BCUT2D eigenvalue weighted by atomic mass is 9.47. The second-order valence-corrected chi connectivity index (χ2v) is 8.83. The largest absolute Gasteiger partial charge is 0.393 e. The summed E-state index contributed by atoms with van der Waals surface area (Å²) in [4.78, 5) is 15.8. The van der Waals surface area contributed by atoms with Crippen molar-refractivity contribution in [2.45, 2.75) is 71.3 Å². The average Bonchev–Trinajstić information content (AvgIpc) is 2.83. The summed E-state index contributed by atoms with van der Waals surface area (Å²) in [7, 11) is 0. The quantitative estimate of drug-likeness (QED) is 0.683. The topological polar surface area (TPSA) is 41.7 Å². The zero-order chi connectivity index (χ0) is 16.4. The van der Waals surface area contributed by atoms with E-state index in [2.05, 4.69) is 18.7 Å². The number of hydrogen-bond acceptors (Lipinski definition) is 2. The number of Topliss-reactive ketones (excluding diaryl/α,β-unsaturated/α-hetero) is 1. The number of hydrogen-bond donors (Lipinski definition) is 1. The highest BCUT2D eigenvalue weighted by Gasteiger charge is 2.59. The minimum atomic E-state index is -0.134. The molecule has 4 aliphatic carbocycles. The van der Waals surface area contributed by atoms with Gasteiger partial charge in [-0.25, -0.2) is 4.85 Å². The van der Waals surface area contributed by atoms with E-state index in [-0.39, 0.29) is 22.7 Å². The maximum absolute atomic E-state index is 12.2. The van der Waals surface area contributed by atoms with Crippen molar-refractivity contribution in [3.63, 3.8) is 0 Å². The lowest BCUT2D eigenvalue weighted by molar-refractivity contribution is -0.118. The number of fused-ring (bicyclic) bond motifs is 5. The van der Waals surface area contributed by atoms with Crippen LogP contribution in [-0.2, 0) is 4.79 Å². The van der Waals surface area contributed by atoms with E-state index in [9.17, 15) is 9.90 Å². The second kappa shape index (κ2) is 4.93. The third-order valence-corrected chi connectivity index (χ3v) is 8.16. The number of ketones is 1. The highest BCUT2D eigenvalue weighted by atomic mass is 16.3. The van der Waals surface area contributed by atoms with E-state index in [0.717, 1.165) is 44.9 Å². The zero-order valence-corrected chi connectivity index (χ0v) is 14.3. The molecule has 0 bridgehead atoms. The van der Waals surface area contributed by atoms with Gasteiger partial charge in [-0.3, -0.25) is 0 Å². The van der Waals surface area contributed by atoms with Gasteiger partial charge in [-0.15, -0.1) is 0 Å². The number of nitrogens with zero attached hydrogens (tertiary/aromatic N) is 1. The van der Waals surface area contributed by atoms with Gasteiger partial charge in [0.25, 0.3) is 0 Å². The molecule has 3 heteroatoms. The van der Waals surface area contributed by atoms with Gasteiger partial charge in [0.1, 0.15) is 0 Å². The maximum atomic E-state index is 12.2. The summed E-state index contributed by atoms with van der Waals surface area (Å²) in [6.45, 7) is 12.1. The van der Waals surface area contributed by atoms with E-state index < -0.39 is 0 Å². The molecule has 3 nitrogen and oxygen atoms in total. The molecule has 0 spiro atoms.